The topological polar surface area (TPSA) is 78.9 Å². The van der Waals surface area contributed by atoms with Crippen molar-refractivity contribution in [3.63, 3.8) is 0 Å². The molecule has 2 aromatic rings. The fourth-order valence-corrected chi connectivity index (χ4v) is 2.92. The fourth-order valence-electron chi connectivity index (χ4n) is 2.92. The first-order valence-corrected chi connectivity index (χ1v) is 8.21. The van der Waals surface area contributed by atoms with Gasteiger partial charge in [-0.1, -0.05) is 42.5 Å². The van der Waals surface area contributed by atoms with E-state index in [0.717, 1.165) is 12.0 Å². The van der Waals surface area contributed by atoms with E-state index < -0.39 is 6.04 Å². The minimum atomic E-state index is -0.595. The number of rotatable bonds is 5. The Labute approximate surface area is 146 Å². The molecule has 25 heavy (non-hydrogen) atoms. The van der Waals surface area contributed by atoms with Gasteiger partial charge in [0.05, 0.1) is 12.2 Å². The minimum absolute atomic E-state index is 0.0844. The number of para-hydroxylation sites is 1. The lowest BCUT2D eigenvalue weighted by molar-refractivity contribution is -0.138. The largest absolute Gasteiger partial charge is 0.507 e. The zero-order valence-electron chi connectivity index (χ0n) is 13.7. The third-order valence-corrected chi connectivity index (χ3v) is 4.21. The summed E-state index contributed by atoms with van der Waals surface area (Å²) < 4.78 is 0. The predicted molar refractivity (Wildman–Crippen MR) is 91.5 cm³/mol. The lowest BCUT2D eigenvalue weighted by atomic mass is 10.1. The van der Waals surface area contributed by atoms with E-state index in [4.69, 9.17) is 4.84 Å². The van der Waals surface area contributed by atoms with Crippen molar-refractivity contribution in [1.82, 2.24) is 10.4 Å². The van der Waals surface area contributed by atoms with Gasteiger partial charge < -0.3 is 10.0 Å². The van der Waals surface area contributed by atoms with Crippen LogP contribution >= 0.6 is 0 Å². The second kappa shape index (κ2) is 7.81. The molecule has 0 aromatic heterocycles. The average molecular weight is 340 g/mol. The number of phenols is 1. The maximum atomic E-state index is 12.6. The molecule has 130 valence electrons. The first kappa shape index (κ1) is 17.0. The van der Waals surface area contributed by atoms with Crippen LogP contribution in [0.1, 0.15) is 28.8 Å². The van der Waals surface area contributed by atoms with Crippen molar-refractivity contribution in [2.24, 2.45) is 0 Å². The van der Waals surface area contributed by atoms with Gasteiger partial charge in [-0.15, -0.1) is 0 Å². The first-order chi connectivity index (χ1) is 12.2. The number of likely N-dealkylation sites (tertiary alicyclic amines) is 1. The van der Waals surface area contributed by atoms with Crippen LogP contribution in [0.3, 0.4) is 0 Å². The molecule has 1 fully saturated rings. The van der Waals surface area contributed by atoms with E-state index in [0.29, 0.717) is 13.0 Å². The van der Waals surface area contributed by atoms with Crippen LogP contribution in [-0.2, 0) is 16.2 Å². The summed E-state index contributed by atoms with van der Waals surface area (Å²) >= 11 is 0. The lowest BCUT2D eigenvalue weighted by Crippen LogP contribution is -2.45. The van der Waals surface area contributed by atoms with E-state index >= 15 is 0 Å². The number of aromatic hydroxyl groups is 1. The molecule has 2 amide bonds. The summed E-state index contributed by atoms with van der Waals surface area (Å²) in [5.41, 5.74) is 3.57. The van der Waals surface area contributed by atoms with Crippen LogP contribution in [0.5, 0.6) is 5.75 Å². The Kier molecular flexibility index (Phi) is 5.30. The highest BCUT2D eigenvalue weighted by atomic mass is 16.6. The molecule has 2 N–H and O–H groups in total. The molecule has 1 saturated heterocycles. The van der Waals surface area contributed by atoms with Crippen LogP contribution in [0, 0.1) is 0 Å². The highest BCUT2D eigenvalue weighted by Gasteiger charge is 2.35. The molecule has 1 atom stereocenters. The van der Waals surface area contributed by atoms with Crippen molar-refractivity contribution >= 4 is 11.8 Å². The molecular formula is C19H20N2O4. The number of benzene rings is 2. The first-order valence-electron chi connectivity index (χ1n) is 8.21. The number of hydrogen-bond donors (Lipinski definition) is 2. The van der Waals surface area contributed by atoms with Crippen LogP contribution in [0.25, 0.3) is 0 Å². The fraction of sp³-hybridized carbons (Fsp3) is 0.263. The Hall–Kier alpha value is -2.86. The Morgan fingerprint density at radius 1 is 1.12 bits per heavy atom. The summed E-state index contributed by atoms with van der Waals surface area (Å²) in [5.74, 6) is -0.783. The number of hydrogen-bond acceptors (Lipinski definition) is 4. The molecular weight excluding hydrogens is 320 g/mol. The van der Waals surface area contributed by atoms with Crippen molar-refractivity contribution in [2.45, 2.75) is 25.5 Å². The van der Waals surface area contributed by atoms with E-state index in [-0.39, 0.29) is 29.7 Å². The molecule has 1 heterocycles. The van der Waals surface area contributed by atoms with Gasteiger partial charge in [-0.25, -0.2) is 5.48 Å². The maximum absolute atomic E-state index is 12.6. The quantitative estimate of drug-likeness (QED) is 0.818. The van der Waals surface area contributed by atoms with E-state index in [1.807, 2.05) is 30.3 Å². The molecule has 2 aromatic carbocycles. The molecule has 0 unspecified atom stereocenters. The standard InChI is InChI=1S/C19H20N2O4/c22-17-11-5-4-9-15(17)19(24)21-12-6-10-16(21)18(23)20-25-13-14-7-2-1-3-8-14/h1-5,7-9,11,16,22H,6,10,12-13H2,(H,20,23)/t16-/m1/s1. The summed E-state index contributed by atoms with van der Waals surface area (Å²) in [4.78, 5) is 31.7. The lowest BCUT2D eigenvalue weighted by Gasteiger charge is -2.24. The average Bonchev–Trinajstić information content (AvgIpc) is 3.12. The number of carbonyl (C=O) groups excluding carboxylic acids is 2. The molecule has 1 aliphatic heterocycles. The second-order valence-electron chi connectivity index (χ2n) is 5.91. The summed E-state index contributed by atoms with van der Waals surface area (Å²) in [6.45, 7) is 0.733. The van der Waals surface area contributed by atoms with E-state index in [2.05, 4.69) is 5.48 Å². The van der Waals surface area contributed by atoms with Crippen molar-refractivity contribution in [3.05, 3.63) is 65.7 Å². The zero-order chi connectivity index (χ0) is 17.6. The number of phenolic OH excluding ortho intramolecular Hbond substituents is 1. The van der Waals surface area contributed by atoms with E-state index in [9.17, 15) is 14.7 Å². The Balaban J connectivity index is 1.60. The molecule has 0 bridgehead atoms. The van der Waals surface area contributed by atoms with Gasteiger partial charge in [0, 0.05) is 6.54 Å². The van der Waals surface area contributed by atoms with Crippen molar-refractivity contribution in [3.8, 4) is 5.75 Å². The van der Waals surface area contributed by atoms with Gasteiger partial charge in [0.2, 0.25) is 0 Å². The zero-order valence-corrected chi connectivity index (χ0v) is 13.7. The van der Waals surface area contributed by atoms with Crippen molar-refractivity contribution in [1.29, 1.82) is 0 Å². The van der Waals surface area contributed by atoms with Gasteiger partial charge >= 0.3 is 0 Å². The number of carbonyl (C=O) groups is 2. The predicted octanol–water partition coefficient (Wildman–Crippen LogP) is 2.24. The van der Waals surface area contributed by atoms with Gasteiger partial charge in [-0.3, -0.25) is 14.4 Å². The van der Waals surface area contributed by atoms with Gasteiger partial charge in [0.1, 0.15) is 11.8 Å². The summed E-state index contributed by atoms with van der Waals surface area (Å²) in [6.07, 6.45) is 1.30. The Morgan fingerprint density at radius 2 is 1.84 bits per heavy atom. The highest BCUT2D eigenvalue weighted by molar-refractivity contribution is 5.99. The van der Waals surface area contributed by atoms with Crippen LogP contribution < -0.4 is 5.48 Å². The van der Waals surface area contributed by atoms with Gasteiger partial charge in [-0.05, 0) is 30.5 Å². The van der Waals surface area contributed by atoms with E-state index in [1.165, 1.54) is 11.0 Å². The molecule has 6 heteroatoms. The van der Waals surface area contributed by atoms with Crippen LogP contribution in [0.2, 0.25) is 0 Å². The van der Waals surface area contributed by atoms with Crippen LogP contribution in [-0.4, -0.2) is 34.4 Å². The molecule has 3 rings (SSSR count). The molecule has 0 spiro atoms. The Morgan fingerprint density at radius 3 is 2.60 bits per heavy atom. The molecule has 0 aliphatic carbocycles. The van der Waals surface area contributed by atoms with Gasteiger partial charge in [0.25, 0.3) is 11.8 Å². The normalized spacial score (nSPS) is 16.6. The molecule has 1 aliphatic rings. The highest BCUT2D eigenvalue weighted by Crippen LogP contribution is 2.24. The molecule has 0 saturated carbocycles. The smallest absolute Gasteiger partial charge is 0.266 e. The third kappa shape index (κ3) is 3.97. The summed E-state index contributed by atoms with van der Waals surface area (Å²) in [6, 6.07) is 15.2. The van der Waals surface area contributed by atoms with Crippen molar-refractivity contribution in [2.75, 3.05) is 6.54 Å². The van der Waals surface area contributed by atoms with Crippen LogP contribution in [0.15, 0.2) is 54.6 Å². The monoisotopic (exact) mass is 340 g/mol. The summed E-state index contributed by atoms with van der Waals surface area (Å²) in [5, 5.41) is 9.86. The molecule has 0 radical (unpaired) electrons. The Bertz CT molecular complexity index is 748. The van der Waals surface area contributed by atoms with Crippen LogP contribution in [0.4, 0.5) is 0 Å². The molecule has 6 nitrogen and oxygen atoms in total. The number of amides is 2. The second-order valence-corrected chi connectivity index (χ2v) is 5.91. The van der Waals surface area contributed by atoms with Gasteiger partial charge in [0.15, 0.2) is 0 Å². The maximum Gasteiger partial charge on any atom is 0.266 e. The SMILES string of the molecule is O=C(NOCc1ccccc1)[C@H]1CCCN1C(=O)c1ccccc1O. The van der Waals surface area contributed by atoms with E-state index in [1.54, 1.807) is 18.2 Å². The van der Waals surface area contributed by atoms with Gasteiger partial charge in [-0.2, -0.15) is 0 Å². The minimum Gasteiger partial charge on any atom is -0.507 e. The summed E-state index contributed by atoms with van der Waals surface area (Å²) in [7, 11) is 0. The number of nitrogens with zero attached hydrogens (tertiary/aromatic N) is 1. The van der Waals surface area contributed by atoms with Crippen molar-refractivity contribution < 1.29 is 19.5 Å². The third-order valence-electron chi connectivity index (χ3n) is 4.21. The number of nitrogens with one attached hydrogen (secondary N) is 1. The number of hydroxylamine groups is 1.